The average molecular weight is 312 g/mol. The molecule has 0 aromatic heterocycles. The van der Waals surface area contributed by atoms with E-state index in [4.69, 9.17) is 10.5 Å². The van der Waals surface area contributed by atoms with E-state index in [0.29, 0.717) is 30.2 Å². The molecule has 0 saturated carbocycles. The van der Waals surface area contributed by atoms with Gasteiger partial charge in [0.25, 0.3) is 0 Å². The number of hydrogen-bond acceptors (Lipinski definition) is 4. The van der Waals surface area contributed by atoms with Crippen LogP contribution in [0.15, 0.2) is 23.1 Å². The molecule has 1 heterocycles. The molecule has 0 spiro atoms. The lowest BCUT2D eigenvalue weighted by Crippen LogP contribution is -2.35. The Morgan fingerprint density at radius 2 is 2.19 bits per heavy atom. The zero-order valence-electron chi connectivity index (χ0n) is 12.7. The van der Waals surface area contributed by atoms with Gasteiger partial charge < -0.3 is 10.5 Å². The van der Waals surface area contributed by atoms with Gasteiger partial charge in [-0.25, -0.2) is 8.42 Å². The van der Waals surface area contributed by atoms with Crippen molar-refractivity contribution in [2.24, 2.45) is 5.73 Å². The van der Waals surface area contributed by atoms with E-state index in [1.54, 1.807) is 29.6 Å². The van der Waals surface area contributed by atoms with Crippen LogP contribution in [0.1, 0.15) is 31.7 Å². The number of ether oxygens (including phenoxy) is 1. The van der Waals surface area contributed by atoms with E-state index in [0.717, 1.165) is 24.8 Å². The quantitative estimate of drug-likeness (QED) is 0.869. The van der Waals surface area contributed by atoms with E-state index in [1.807, 2.05) is 6.92 Å². The molecule has 1 aliphatic heterocycles. The van der Waals surface area contributed by atoms with Crippen LogP contribution in [0.3, 0.4) is 0 Å². The third-order valence-electron chi connectivity index (χ3n) is 4.06. The highest BCUT2D eigenvalue weighted by Gasteiger charge is 2.35. The summed E-state index contributed by atoms with van der Waals surface area (Å²) in [6.45, 7) is 3.05. The smallest absolute Gasteiger partial charge is 0.243 e. The maximum atomic E-state index is 12.9. The van der Waals surface area contributed by atoms with Gasteiger partial charge in [-0.05, 0) is 56.0 Å². The van der Waals surface area contributed by atoms with Gasteiger partial charge in [-0.3, -0.25) is 0 Å². The summed E-state index contributed by atoms with van der Waals surface area (Å²) >= 11 is 0. The summed E-state index contributed by atoms with van der Waals surface area (Å²) in [5, 5.41) is 0. The topological polar surface area (TPSA) is 72.6 Å². The Kier molecular flexibility index (Phi) is 5.24. The first-order chi connectivity index (χ1) is 10.0. The third kappa shape index (κ3) is 3.22. The molecule has 1 unspecified atom stereocenters. The molecule has 5 nitrogen and oxygen atoms in total. The molecule has 118 valence electrons. The molecule has 2 N–H and O–H groups in total. The lowest BCUT2D eigenvalue weighted by molar-refractivity contribution is 0.379. The summed E-state index contributed by atoms with van der Waals surface area (Å²) in [4.78, 5) is 0.370. The van der Waals surface area contributed by atoms with Crippen LogP contribution in [0.25, 0.3) is 0 Å². The normalized spacial score (nSPS) is 19.9. The zero-order valence-corrected chi connectivity index (χ0v) is 13.5. The zero-order chi connectivity index (χ0) is 15.5. The Morgan fingerprint density at radius 1 is 1.43 bits per heavy atom. The highest BCUT2D eigenvalue weighted by Crippen LogP contribution is 2.31. The first-order valence-electron chi connectivity index (χ1n) is 7.43. The minimum absolute atomic E-state index is 0.114. The fraction of sp³-hybridized carbons (Fsp3) is 0.600. The molecular formula is C15H24N2O3S. The first-order valence-corrected chi connectivity index (χ1v) is 8.87. The molecule has 0 bridgehead atoms. The van der Waals surface area contributed by atoms with Gasteiger partial charge in [-0.15, -0.1) is 0 Å². The van der Waals surface area contributed by atoms with Gasteiger partial charge in [0.05, 0.1) is 12.0 Å². The number of hydrogen-bond donors (Lipinski definition) is 1. The summed E-state index contributed by atoms with van der Waals surface area (Å²) in [5.74, 6) is 0.658. The molecule has 1 aromatic rings. The van der Waals surface area contributed by atoms with Crippen LogP contribution in [0, 0.1) is 0 Å². The fourth-order valence-corrected chi connectivity index (χ4v) is 4.95. The van der Waals surface area contributed by atoms with Crippen LogP contribution in [0.4, 0.5) is 0 Å². The average Bonchev–Trinajstić information content (AvgIpc) is 2.96. The van der Waals surface area contributed by atoms with E-state index in [9.17, 15) is 8.42 Å². The molecule has 1 atom stereocenters. The van der Waals surface area contributed by atoms with Gasteiger partial charge in [-0.1, -0.05) is 6.92 Å². The van der Waals surface area contributed by atoms with Crippen molar-refractivity contribution in [1.29, 1.82) is 0 Å². The molecule has 1 aromatic carbocycles. The maximum absolute atomic E-state index is 12.9. The largest absolute Gasteiger partial charge is 0.497 e. The van der Waals surface area contributed by atoms with Crippen LogP contribution in [-0.4, -0.2) is 39.0 Å². The van der Waals surface area contributed by atoms with Crippen molar-refractivity contribution in [2.75, 3.05) is 20.2 Å². The Morgan fingerprint density at radius 3 is 2.81 bits per heavy atom. The van der Waals surface area contributed by atoms with Crippen molar-refractivity contribution in [1.82, 2.24) is 4.31 Å². The minimum Gasteiger partial charge on any atom is -0.497 e. The summed E-state index contributed by atoms with van der Waals surface area (Å²) in [5.41, 5.74) is 6.36. The van der Waals surface area contributed by atoms with Crippen LogP contribution < -0.4 is 10.5 Å². The van der Waals surface area contributed by atoms with E-state index in [1.165, 1.54) is 0 Å². The fourth-order valence-electron chi connectivity index (χ4n) is 2.95. The minimum atomic E-state index is -3.46. The van der Waals surface area contributed by atoms with E-state index < -0.39 is 10.0 Å². The lowest BCUT2D eigenvalue weighted by atomic mass is 10.1. The second-order valence-corrected chi connectivity index (χ2v) is 7.19. The van der Waals surface area contributed by atoms with Crippen LogP contribution in [0.2, 0.25) is 0 Å². The molecule has 0 amide bonds. The number of nitrogens with two attached hydrogens (primary N) is 1. The second-order valence-electron chi connectivity index (χ2n) is 5.33. The van der Waals surface area contributed by atoms with Crippen LogP contribution >= 0.6 is 0 Å². The van der Waals surface area contributed by atoms with Gasteiger partial charge in [-0.2, -0.15) is 4.31 Å². The number of rotatable bonds is 6. The summed E-state index contributed by atoms with van der Waals surface area (Å²) < 4.78 is 32.7. The molecular weight excluding hydrogens is 288 g/mol. The molecule has 0 radical (unpaired) electrons. The van der Waals surface area contributed by atoms with Crippen molar-refractivity contribution in [3.63, 3.8) is 0 Å². The molecule has 1 saturated heterocycles. The summed E-state index contributed by atoms with van der Waals surface area (Å²) in [7, 11) is -1.88. The van der Waals surface area contributed by atoms with E-state index in [-0.39, 0.29) is 6.04 Å². The summed E-state index contributed by atoms with van der Waals surface area (Å²) in [6.07, 6.45) is 3.25. The monoisotopic (exact) mass is 312 g/mol. The number of sulfonamides is 1. The van der Waals surface area contributed by atoms with Gasteiger partial charge in [0.15, 0.2) is 0 Å². The third-order valence-corrected chi connectivity index (χ3v) is 6.11. The van der Waals surface area contributed by atoms with Gasteiger partial charge in [0.1, 0.15) is 5.75 Å². The highest BCUT2D eigenvalue weighted by atomic mass is 32.2. The SMILES string of the molecule is CCC1CCCN1S(=O)(=O)c1ccc(OC)cc1CCN. The van der Waals surface area contributed by atoms with E-state index >= 15 is 0 Å². The predicted molar refractivity (Wildman–Crippen MR) is 83.0 cm³/mol. The van der Waals surface area contributed by atoms with Crippen molar-refractivity contribution in [3.8, 4) is 5.75 Å². The molecule has 6 heteroatoms. The summed E-state index contributed by atoms with van der Waals surface area (Å²) in [6, 6.07) is 5.23. The van der Waals surface area contributed by atoms with Gasteiger partial charge in [0, 0.05) is 12.6 Å². The molecule has 21 heavy (non-hydrogen) atoms. The van der Waals surface area contributed by atoms with Crippen molar-refractivity contribution < 1.29 is 13.2 Å². The number of benzene rings is 1. The Labute approximate surface area is 127 Å². The Bertz CT molecular complexity index is 587. The molecule has 2 rings (SSSR count). The predicted octanol–water partition coefficient (Wildman–Crippen LogP) is 1.76. The van der Waals surface area contributed by atoms with Crippen LogP contribution in [-0.2, 0) is 16.4 Å². The second kappa shape index (κ2) is 6.77. The van der Waals surface area contributed by atoms with Gasteiger partial charge in [0.2, 0.25) is 10.0 Å². The molecule has 1 aliphatic rings. The number of methoxy groups -OCH3 is 1. The molecule has 0 aliphatic carbocycles. The number of nitrogens with zero attached hydrogens (tertiary/aromatic N) is 1. The Hall–Kier alpha value is -1.11. The standard InChI is InChI=1S/C15H24N2O3S/c1-3-13-5-4-10-17(13)21(18,19)15-7-6-14(20-2)11-12(15)8-9-16/h6-7,11,13H,3-5,8-10,16H2,1-2H3. The molecule has 1 fully saturated rings. The highest BCUT2D eigenvalue weighted by molar-refractivity contribution is 7.89. The van der Waals surface area contributed by atoms with Crippen LogP contribution in [0.5, 0.6) is 5.75 Å². The van der Waals surface area contributed by atoms with Crippen molar-refractivity contribution in [3.05, 3.63) is 23.8 Å². The van der Waals surface area contributed by atoms with Crippen molar-refractivity contribution >= 4 is 10.0 Å². The van der Waals surface area contributed by atoms with Gasteiger partial charge >= 0.3 is 0 Å². The maximum Gasteiger partial charge on any atom is 0.243 e. The lowest BCUT2D eigenvalue weighted by Gasteiger charge is -2.24. The van der Waals surface area contributed by atoms with Crippen molar-refractivity contribution in [2.45, 2.75) is 43.5 Å². The van der Waals surface area contributed by atoms with E-state index in [2.05, 4.69) is 0 Å². The Balaban J connectivity index is 2.43. The first kappa shape index (κ1) is 16.3.